The number of aromatic nitrogens is 1. The molecule has 0 aliphatic carbocycles. The number of nitrogens with zero attached hydrogens (tertiary/aromatic N) is 2. The highest BCUT2D eigenvalue weighted by Crippen LogP contribution is 2.26. The maximum Gasteiger partial charge on any atom is 0.243 e. The van der Waals surface area contributed by atoms with E-state index in [2.05, 4.69) is 36.4 Å². The number of anilines is 1. The molecular formula is C11H15BrN4O. The van der Waals surface area contributed by atoms with E-state index in [1.807, 2.05) is 6.07 Å². The van der Waals surface area contributed by atoms with E-state index in [0.717, 1.165) is 23.2 Å². The summed E-state index contributed by atoms with van der Waals surface area (Å²) in [5.74, 6) is 0.0286. The van der Waals surface area contributed by atoms with E-state index >= 15 is 0 Å². The van der Waals surface area contributed by atoms with Gasteiger partial charge >= 0.3 is 0 Å². The Morgan fingerprint density at radius 1 is 1.71 bits per heavy atom. The smallest absolute Gasteiger partial charge is 0.243 e. The summed E-state index contributed by atoms with van der Waals surface area (Å²) in [5, 5.41) is 5.94. The molecule has 1 aliphatic rings. The Labute approximate surface area is 109 Å². The Morgan fingerprint density at radius 3 is 3.24 bits per heavy atom. The van der Waals surface area contributed by atoms with Crippen LogP contribution in [-0.4, -0.2) is 43.6 Å². The van der Waals surface area contributed by atoms with Gasteiger partial charge in [-0.2, -0.15) is 0 Å². The molecule has 2 N–H and O–H groups in total. The van der Waals surface area contributed by atoms with Gasteiger partial charge in [0.2, 0.25) is 5.91 Å². The summed E-state index contributed by atoms with van der Waals surface area (Å²) in [6.45, 7) is 2.34. The lowest BCUT2D eigenvalue weighted by Crippen LogP contribution is -2.57. The zero-order valence-electron chi connectivity index (χ0n) is 9.61. The maximum absolute atomic E-state index is 11.8. The first-order chi connectivity index (χ1) is 8.24. The van der Waals surface area contributed by atoms with Crippen LogP contribution in [0.4, 0.5) is 5.69 Å². The Hall–Kier alpha value is -1.14. The van der Waals surface area contributed by atoms with Gasteiger partial charge in [-0.25, -0.2) is 0 Å². The van der Waals surface area contributed by atoms with Gasteiger partial charge in [0, 0.05) is 39.1 Å². The second-order valence-corrected chi connectivity index (χ2v) is 4.71. The molecule has 2 heterocycles. The van der Waals surface area contributed by atoms with E-state index < -0.39 is 0 Å². The number of hydrogen-bond acceptors (Lipinski definition) is 4. The molecule has 0 radical (unpaired) electrons. The van der Waals surface area contributed by atoms with Gasteiger partial charge in [-0.05, 0) is 22.0 Å². The fraction of sp³-hybridized carbons (Fsp3) is 0.455. The molecule has 1 saturated heterocycles. The SMILES string of the molecule is CNC(=O)C1CNCCN1c1ccncc1Br. The van der Waals surface area contributed by atoms with Crippen LogP contribution >= 0.6 is 15.9 Å². The molecule has 2 rings (SSSR count). The minimum Gasteiger partial charge on any atom is -0.357 e. The first-order valence-electron chi connectivity index (χ1n) is 5.52. The third-order valence-electron chi connectivity index (χ3n) is 2.85. The quantitative estimate of drug-likeness (QED) is 0.828. The molecule has 6 heteroatoms. The van der Waals surface area contributed by atoms with Crippen molar-refractivity contribution in [2.24, 2.45) is 0 Å². The third kappa shape index (κ3) is 2.58. The van der Waals surface area contributed by atoms with Crippen LogP contribution in [0.15, 0.2) is 22.9 Å². The van der Waals surface area contributed by atoms with Crippen LogP contribution < -0.4 is 15.5 Å². The molecule has 0 bridgehead atoms. The zero-order chi connectivity index (χ0) is 12.3. The van der Waals surface area contributed by atoms with Crippen molar-refractivity contribution < 1.29 is 4.79 Å². The van der Waals surface area contributed by atoms with Crippen molar-refractivity contribution in [3.63, 3.8) is 0 Å². The molecule has 5 nitrogen and oxygen atoms in total. The minimum atomic E-state index is -0.174. The van der Waals surface area contributed by atoms with Gasteiger partial charge in [0.05, 0.1) is 10.2 Å². The standard InChI is InChI=1S/C11H15BrN4O/c1-13-11(17)10-7-15-4-5-16(10)9-2-3-14-6-8(9)12/h2-3,6,10,15H,4-5,7H2,1H3,(H,13,17). The van der Waals surface area contributed by atoms with Gasteiger partial charge in [-0.3, -0.25) is 9.78 Å². The molecule has 1 fully saturated rings. The lowest BCUT2D eigenvalue weighted by Gasteiger charge is -2.37. The van der Waals surface area contributed by atoms with Crippen molar-refractivity contribution in [1.29, 1.82) is 0 Å². The molecule has 0 saturated carbocycles. The highest BCUT2D eigenvalue weighted by Gasteiger charge is 2.28. The summed E-state index contributed by atoms with van der Waals surface area (Å²) < 4.78 is 0.913. The molecule has 17 heavy (non-hydrogen) atoms. The highest BCUT2D eigenvalue weighted by atomic mass is 79.9. The number of pyridine rings is 1. The largest absolute Gasteiger partial charge is 0.357 e. The van der Waals surface area contributed by atoms with Crippen LogP contribution in [0, 0.1) is 0 Å². The normalized spacial score (nSPS) is 20.1. The Kier molecular flexibility index (Phi) is 3.96. The molecular weight excluding hydrogens is 284 g/mol. The first-order valence-corrected chi connectivity index (χ1v) is 6.32. The lowest BCUT2D eigenvalue weighted by atomic mass is 10.1. The molecule has 1 aromatic rings. The van der Waals surface area contributed by atoms with Crippen LogP contribution in [0.5, 0.6) is 0 Å². The van der Waals surface area contributed by atoms with Crippen molar-refractivity contribution in [1.82, 2.24) is 15.6 Å². The van der Waals surface area contributed by atoms with Crippen molar-refractivity contribution in [3.05, 3.63) is 22.9 Å². The molecule has 1 atom stereocenters. The van der Waals surface area contributed by atoms with Crippen LogP contribution in [0.1, 0.15) is 0 Å². The summed E-state index contributed by atoms with van der Waals surface area (Å²) in [6, 6.07) is 1.75. The second kappa shape index (κ2) is 5.46. The van der Waals surface area contributed by atoms with Gasteiger partial charge in [0.25, 0.3) is 0 Å². The number of halogens is 1. The number of nitrogens with one attached hydrogen (secondary N) is 2. The maximum atomic E-state index is 11.8. The first kappa shape index (κ1) is 12.3. The summed E-state index contributed by atoms with van der Waals surface area (Å²) in [4.78, 5) is 18.0. The van der Waals surface area contributed by atoms with E-state index in [-0.39, 0.29) is 11.9 Å². The van der Waals surface area contributed by atoms with E-state index in [1.165, 1.54) is 0 Å². The Morgan fingerprint density at radius 2 is 2.53 bits per heavy atom. The topological polar surface area (TPSA) is 57.3 Å². The lowest BCUT2D eigenvalue weighted by molar-refractivity contribution is -0.122. The van der Waals surface area contributed by atoms with E-state index in [4.69, 9.17) is 0 Å². The third-order valence-corrected chi connectivity index (χ3v) is 3.46. The van der Waals surface area contributed by atoms with Crippen LogP contribution in [0.2, 0.25) is 0 Å². The van der Waals surface area contributed by atoms with E-state index in [1.54, 1.807) is 19.4 Å². The Balaban J connectivity index is 2.28. The zero-order valence-corrected chi connectivity index (χ0v) is 11.2. The second-order valence-electron chi connectivity index (χ2n) is 3.85. The fourth-order valence-corrected chi connectivity index (χ4v) is 2.47. The van der Waals surface area contributed by atoms with Crippen LogP contribution in [0.3, 0.4) is 0 Å². The predicted molar refractivity (Wildman–Crippen MR) is 70.0 cm³/mol. The number of rotatable bonds is 2. The predicted octanol–water partition coefficient (Wildman–Crippen LogP) is 0.368. The Bertz CT molecular complexity index is 412. The molecule has 0 aromatic carbocycles. The summed E-state index contributed by atoms with van der Waals surface area (Å²) in [7, 11) is 1.66. The van der Waals surface area contributed by atoms with Gasteiger partial charge in [0.15, 0.2) is 0 Å². The number of carbonyl (C=O) groups excluding carboxylic acids is 1. The summed E-state index contributed by atoms with van der Waals surface area (Å²) >= 11 is 3.47. The van der Waals surface area contributed by atoms with Crippen LogP contribution in [0.25, 0.3) is 0 Å². The van der Waals surface area contributed by atoms with Crippen molar-refractivity contribution in [3.8, 4) is 0 Å². The summed E-state index contributed by atoms with van der Waals surface area (Å²) in [6.07, 6.45) is 3.49. The monoisotopic (exact) mass is 298 g/mol. The molecule has 1 unspecified atom stereocenters. The van der Waals surface area contributed by atoms with Crippen molar-refractivity contribution in [2.75, 3.05) is 31.6 Å². The molecule has 1 aliphatic heterocycles. The average molecular weight is 299 g/mol. The highest BCUT2D eigenvalue weighted by molar-refractivity contribution is 9.10. The van der Waals surface area contributed by atoms with E-state index in [9.17, 15) is 4.79 Å². The molecule has 1 aromatic heterocycles. The number of hydrogen-bond donors (Lipinski definition) is 2. The summed E-state index contributed by atoms with van der Waals surface area (Å²) in [5.41, 5.74) is 1.01. The average Bonchev–Trinajstić information content (AvgIpc) is 2.38. The van der Waals surface area contributed by atoms with Crippen LogP contribution in [-0.2, 0) is 4.79 Å². The number of amides is 1. The molecule has 0 spiro atoms. The van der Waals surface area contributed by atoms with Gasteiger partial charge in [-0.15, -0.1) is 0 Å². The number of likely N-dealkylation sites (N-methyl/N-ethyl adjacent to an activating group) is 1. The van der Waals surface area contributed by atoms with Gasteiger partial charge in [-0.1, -0.05) is 0 Å². The van der Waals surface area contributed by atoms with Crippen molar-refractivity contribution >= 4 is 27.5 Å². The number of piperazine rings is 1. The van der Waals surface area contributed by atoms with Gasteiger partial charge < -0.3 is 15.5 Å². The minimum absolute atomic E-state index is 0.0286. The van der Waals surface area contributed by atoms with Gasteiger partial charge in [0.1, 0.15) is 6.04 Å². The van der Waals surface area contributed by atoms with Crippen molar-refractivity contribution in [2.45, 2.75) is 6.04 Å². The number of carbonyl (C=O) groups is 1. The fourth-order valence-electron chi connectivity index (χ4n) is 1.99. The van der Waals surface area contributed by atoms with E-state index in [0.29, 0.717) is 6.54 Å². The molecule has 92 valence electrons. The molecule has 1 amide bonds.